The van der Waals surface area contributed by atoms with Crippen molar-refractivity contribution in [3.8, 4) is 0 Å². The monoisotopic (exact) mass is 303 g/mol. The van der Waals surface area contributed by atoms with Crippen LogP contribution in [0.2, 0.25) is 0 Å². The summed E-state index contributed by atoms with van der Waals surface area (Å²) in [6, 6.07) is -1.46. The van der Waals surface area contributed by atoms with Gasteiger partial charge in [-0.05, 0) is 19.9 Å². The second-order valence-electron chi connectivity index (χ2n) is 4.10. The third-order valence-corrected chi connectivity index (χ3v) is 3.56. The van der Waals surface area contributed by atoms with Crippen LogP contribution in [0.4, 0.5) is 18.0 Å². The molecule has 0 aromatic carbocycles. The first kappa shape index (κ1) is 15.6. The van der Waals surface area contributed by atoms with Crippen molar-refractivity contribution in [2.45, 2.75) is 37.9 Å². The van der Waals surface area contributed by atoms with Crippen LogP contribution in [0.1, 0.15) is 20.3 Å². The molecule has 10 heteroatoms. The van der Waals surface area contributed by atoms with Crippen LogP contribution in [0.5, 0.6) is 0 Å². The Morgan fingerprint density at radius 1 is 1.47 bits per heavy atom. The number of rotatable bonds is 2. The fourth-order valence-corrected chi connectivity index (χ4v) is 2.32. The van der Waals surface area contributed by atoms with E-state index in [1.165, 1.54) is 13.8 Å². The molecule has 19 heavy (non-hydrogen) atoms. The van der Waals surface area contributed by atoms with Gasteiger partial charge in [0.1, 0.15) is 5.76 Å². The lowest BCUT2D eigenvalue weighted by molar-refractivity contribution is -0.0527. The van der Waals surface area contributed by atoms with Crippen molar-refractivity contribution in [3.63, 3.8) is 0 Å². The molecule has 2 atom stereocenters. The first-order valence-electron chi connectivity index (χ1n) is 5.18. The van der Waals surface area contributed by atoms with Crippen molar-refractivity contribution in [3.05, 3.63) is 11.8 Å². The molecule has 0 saturated heterocycles. The second-order valence-corrected chi connectivity index (χ2v) is 5.64. The Hall–Kier alpha value is -1.45. The molecule has 0 spiro atoms. The summed E-state index contributed by atoms with van der Waals surface area (Å²) in [7, 11) is -5.72. The fourth-order valence-electron chi connectivity index (χ4n) is 1.82. The summed E-state index contributed by atoms with van der Waals surface area (Å²) >= 11 is 0. The van der Waals surface area contributed by atoms with Gasteiger partial charge in [-0.1, -0.05) is 0 Å². The van der Waals surface area contributed by atoms with E-state index in [1.54, 1.807) is 0 Å². The van der Waals surface area contributed by atoms with Crippen molar-refractivity contribution >= 4 is 16.2 Å². The van der Waals surface area contributed by atoms with Crippen molar-refractivity contribution < 1.29 is 35.7 Å². The Balaban J connectivity index is 2.95. The van der Waals surface area contributed by atoms with Gasteiger partial charge < -0.3 is 9.29 Å². The van der Waals surface area contributed by atoms with Gasteiger partial charge in [0.05, 0.1) is 6.04 Å². The molecular formula is C9H12F3NO5S. The van der Waals surface area contributed by atoms with Crippen molar-refractivity contribution in [2.75, 3.05) is 0 Å². The smallest absolute Gasteiger partial charge is 0.465 e. The summed E-state index contributed by atoms with van der Waals surface area (Å²) in [6.07, 6.45) is -0.447. The molecule has 1 rings (SSSR count). The zero-order valence-corrected chi connectivity index (χ0v) is 10.8. The van der Waals surface area contributed by atoms with Gasteiger partial charge in [0.25, 0.3) is 0 Å². The summed E-state index contributed by atoms with van der Waals surface area (Å²) in [4.78, 5) is 11.9. The van der Waals surface area contributed by atoms with E-state index in [2.05, 4.69) is 4.18 Å². The Kier molecular flexibility index (Phi) is 4.03. The van der Waals surface area contributed by atoms with E-state index in [-0.39, 0.29) is 6.42 Å². The van der Waals surface area contributed by atoms with Crippen LogP contribution in [-0.2, 0) is 14.3 Å². The predicted molar refractivity (Wildman–Crippen MR) is 57.5 cm³/mol. The predicted octanol–water partition coefficient (Wildman–Crippen LogP) is 1.90. The van der Waals surface area contributed by atoms with E-state index >= 15 is 0 Å². The van der Waals surface area contributed by atoms with E-state index in [4.69, 9.17) is 5.11 Å². The maximum absolute atomic E-state index is 12.1. The number of amides is 1. The molecule has 0 bridgehead atoms. The summed E-state index contributed by atoms with van der Waals surface area (Å²) < 4.78 is 62.1. The zero-order chi connectivity index (χ0) is 15.0. The molecule has 0 aromatic rings. The molecule has 6 nitrogen and oxygen atoms in total. The molecule has 0 saturated carbocycles. The van der Waals surface area contributed by atoms with E-state index < -0.39 is 39.6 Å². The van der Waals surface area contributed by atoms with Crippen LogP contribution < -0.4 is 0 Å². The van der Waals surface area contributed by atoms with Crippen LogP contribution in [0.25, 0.3) is 0 Å². The minimum Gasteiger partial charge on any atom is -0.465 e. The highest BCUT2D eigenvalue weighted by Gasteiger charge is 2.49. The van der Waals surface area contributed by atoms with Gasteiger partial charge in [-0.15, -0.1) is 0 Å². The standard InChI is InChI=1S/C9H12F3NO5S/c1-5-3-7(4-6(2)13(5)8(14)15)18-19(16,17)9(10,11)12/h3,5-6H,4H2,1-2H3,(H,14,15)/t5-,6+/m1/s1. The van der Waals surface area contributed by atoms with Crippen LogP contribution in [0, 0.1) is 0 Å². The Morgan fingerprint density at radius 3 is 2.37 bits per heavy atom. The molecule has 1 N–H and O–H groups in total. The zero-order valence-electron chi connectivity index (χ0n) is 10.0. The average Bonchev–Trinajstić information content (AvgIpc) is 2.12. The number of carbonyl (C=O) groups is 1. The van der Waals surface area contributed by atoms with Crippen molar-refractivity contribution in [1.82, 2.24) is 4.90 Å². The highest BCUT2D eigenvalue weighted by molar-refractivity contribution is 7.87. The van der Waals surface area contributed by atoms with Crippen LogP contribution in [0.15, 0.2) is 11.8 Å². The van der Waals surface area contributed by atoms with Gasteiger partial charge >= 0.3 is 21.7 Å². The van der Waals surface area contributed by atoms with Crippen LogP contribution in [0.3, 0.4) is 0 Å². The topological polar surface area (TPSA) is 83.9 Å². The number of halogens is 3. The normalized spacial score (nSPS) is 24.9. The fraction of sp³-hybridized carbons (Fsp3) is 0.667. The van der Waals surface area contributed by atoms with E-state index in [9.17, 15) is 26.4 Å². The third-order valence-electron chi connectivity index (χ3n) is 2.56. The molecule has 0 unspecified atom stereocenters. The van der Waals surface area contributed by atoms with E-state index in [0.29, 0.717) is 0 Å². The third kappa shape index (κ3) is 3.31. The molecule has 1 aliphatic rings. The molecule has 1 aliphatic heterocycles. The van der Waals surface area contributed by atoms with E-state index in [1.807, 2.05) is 0 Å². The molecular weight excluding hydrogens is 291 g/mol. The van der Waals surface area contributed by atoms with Gasteiger partial charge in [-0.3, -0.25) is 4.90 Å². The Bertz CT molecular complexity index is 498. The molecule has 0 aliphatic carbocycles. The number of alkyl halides is 3. The minimum absolute atomic E-state index is 0.244. The Labute approximate surface area is 107 Å². The molecule has 0 radical (unpaired) electrons. The lowest BCUT2D eigenvalue weighted by Crippen LogP contribution is -2.46. The van der Waals surface area contributed by atoms with Crippen molar-refractivity contribution in [1.29, 1.82) is 0 Å². The van der Waals surface area contributed by atoms with Gasteiger partial charge in [0, 0.05) is 12.5 Å². The maximum atomic E-state index is 12.1. The largest absolute Gasteiger partial charge is 0.534 e. The highest BCUT2D eigenvalue weighted by Crippen LogP contribution is 2.30. The number of carboxylic acid groups (broad SMARTS) is 1. The molecule has 1 amide bonds. The molecule has 0 fully saturated rings. The van der Waals surface area contributed by atoms with Gasteiger partial charge in [0.2, 0.25) is 0 Å². The summed E-state index contributed by atoms with van der Waals surface area (Å²) in [5.74, 6) is -0.408. The Morgan fingerprint density at radius 2 is 2.00 bits per heavy atom. The highest BCUT2D eigenvalue weighted by atomic mass is 32.2. The summed E-state index contributed by atoms with van der Waals surface area (Å²) in [5, 5.41) is 8.88. The van der Waals surface area contributed by atoms with E-state index in [0.717, 1.165) is 11.0 Å². The van der Waals surface area contributed by atoms with Gasteiger partial charge in [-0.2, -0.15) is 21.6 Å². The van der Waals surface area contributed by atoms with Crippen LogP contribution >= 0.6 is 0 Å². The van der Waals surface area contributed by atoms with Crippen LogP contribution in [-0.4, -0.2) is 42.1 Å². The molecule has 1 heterocycles. The number of hydrogen-bond acceptors (Lipinski definition) is 4. The molecule has 110 valence electrons. The first-order valence-corrected chi connectivity index (χ1v) is 6.59. The minimum atomic E-state index is -5.72. The lowest BCUT2D eigenvalue weighted by atomic mass is 10.0. The van der Waals surface area contributed by atoms with Gasteiger partial charge in [0.15, 0.2) is 0 Å². The summed E-state index contributed by atoms with van der Waals surface area (Å²) in [5.41, 5.74) is -5.51. The van der Waals surface area contributed by atoms with Gasteiger partial charge in [-0.25, -0.2) is 4.79 Å². The number of nitrogens with zero attached hydrogens (tertiary/aromatic N) is 1. The summed E-state index contributed by atoms with van der Waals surface area (Å²) in [6.45, 7) is 2.86. The average molecular weight is 303 g/mol. The SMILES string of the molecule is C[C@@H]1C=C(OS(=O)(=O)C(F)(F)F)C[C@H](C)N1C(=O)O. The van der Waals surface area contributed by atoms with Crippen molar-refractivity contribution in [2.24, 2.45) is 0 Å². The second kappa shape index (κ2) is 4.91. The quantitative estimate of drug-likeness (QED) is 0.622. The lowest BCUT2D eigenvalue weighted by Gasteiger charge is -2.35. The number of hydrogen-bond donors (Lipinski definition) is 1. The maximum Gasteiger partial charge on any atom is 0.534 e. The first-order chi connectivity index (χ1) is 8.45. The molecule has 0 aromatic heterocycles.